The third kappa shape index (κ3) is 5.48. The monoisotopic (exact) mass is 297 g/mol. The summed E-state index contributed by atoms with van der Waals surface area (Å²) in [5.74, 6) is -0.349. The van der Waals surface area contributed by atoms with Crippen LogP contribution in [0.4, 0.5) is 4.79 Å². The van der Waals surface area contributed by atoms with E-state index in [2.05, 4.69) is 15.6 Å². The first-order valence-corrected chi connectivity index (χ1v) is 7.62. The van der Waals surface area contributed by atoms with E-state index in [1.807, 2.05) is 19.2 Å². The smallest absolute Gasteiger partial charge is 0.326 e. The Hall–Kier alpha value is -1.76. The molecule has 1 aromatic heterocycles. The maximum atomic E-state index is 11.8. The van der Waals surface area contributed by atoms with E-state index in [4.69, 9.17) is 5.11 Å². The highest BCUT2D eigenvalue weighted by atomic mass is 32.2. The number of carbonyl (C=O) groups is 2. The highest BCUT2D eigenvalue weighted by Crippen LogP contribution is 2.09. The molecule has 2 amide bonds. The van der Waals surface area contributed by atoms with E-state index in [1.165, 1.54) is 0 Å². The van der Waals surface area contributed by atoms with Gasteiger partial charge in [0.25, 0.3) is 0 Å². The first-order valence-electron chi connectivity index (χ1n) is 6.23. The van der Waals surface area contributed by atoms with Gasteiger partial charge >= 0.3 is 12.0 Å². The number of nitrogens with one attached hydrogen (secondary N) is 2. The molecule has 0 fully saturated rings. The van der Waals surface area contributed by atoms with Gasteiger partial charge in [0, 0.05) is 12.4 Å². The topological polar surface area (TPSA) is 91.3 Å². The Bertz CT molecular complexity index is 442. The number of nitrogens with zero attached hydrogens (tertiary/aromatic N) is 1. The third-order valence-electron chi connectivity index (χ3n) is 2.75. The molecule has 0 aromatic carbocycles. The molecule has 6 nitrogen and oxygen atoms in total. The molecular weight excluding hydrogens is 278 g/mol. The van der Waals surface area contributed by atoms with Crippen molar-refractivity contribution in [2.75, 3.05) is 12.0 Å². The number of rotatable bonds is 7. The summed E-state index contributed by atoms with van der Waals surface area (Å²) in [6, 6.07) is 2.03. The lowest BCUT2D eigenvalue weighted by Crippen LogP contribution is -2.46. The minimum absolute atomic E-state index is 0.237. The standard InChI is InChI=1S/C13H19N3O3S/c1-9(10-4-3-6-14-8-10)15-13(19)16-11(12(17)18)5-7-20-2/h3-4,6,8-9,11H,5,7H2,1-2H3,(H,17,18)(H2,15,16,19). The van der Waals surface area contributed by atoms with E-state index in [1.54, 1.807) is 30.2 Å². The van der Waals surface area contributed by atoms with Crippen LogP contribution in [0.25, 0.3) is 0 Å². The summed E-state index contributed by atoms with van der Waals surface area (Å²) in [6.07, 6.45) is 5.60. The summed E-state index contributed by atoms with van der Waals surface area (Å²) in [7, 11) is 0. The number of aromatic nitrogens is 1. The zero-order valence-electron chi connectivity index (χ0n) is 11.5. The molecule has 110 valence electrons. The SMILES string of the molecule is CSCCC(NC(=O)NC(C)c1cccnc1)C(=O)O. The number of carboxylic acid groups (broad SMARTS) is 1. The summed E-state index contributed by atoms with van der Waals surface area (Å²) in [5.41, 5.74) is 0.860. The zero-order chi connectivity index (χ0) is 15.0. The first-order chi connectivity index (χ1) is 9.54. The highest BCUT2D eigenvalue weighted by molar-refractivity contribution is 7.98. The summed E-state index contributed by atoms with van der Waals surface area (Å²) < 4.78 is 0. The molecule has 0 spiro atoms. The van der Waals surface area contributed by atoms with Crippen molar-refractivity contribution in [1.29, 1.82) is 0 Å². The summed E-state index contributed by atoms with van der Waals surface area (Å²) >= 11 is 1.54. The van der Waals surface area contributed by atoms with Crippen molar-refractivity contribution in [2.24, 2.45) is 0 Å². The van der Waals surface area contributed by atoms with Gasteiger partial charge in [0.05, 0.1) is 6.04 Å². The van der Waals surface area contributed by atoms with Crippen molar-refractivity contribution in [3.8, 4) is 0 Å². The Balaban J connectivity index is 2.51. The van der Waals surface area contributed by atoms with Crippen molar-refractivity contribution in [3.05, 3.63) is 30.1 Å². The number of carbonyl (C=O) groups excluding carboxylic acids is 1. The van der Waals surface area contributed by atoms with Crippen LogP contribution in [0, 0.1) is 0 Å². The predicted octanol–water partition coefficient (Wildman–Crippen LogP) is 1.65. The van der Waals surface area contributed by atoms with Crippen LogP contribution in [-0.4, -0.2) is 40.1 Å². The first kappa shape index (κ1) is 16.3. The predicted molar refractivity (Wildman–Crippen MR) is 78.7 cm³/mol. The van der Waals surface area contributed by atoms with Gasteiger partial charge in [-0.2, -0.15) is 11.8 Å². The zero-order valence-corrected chi connectivity index (χ0v) is 12.3. The molecule has 0 saturated heterocycles. The van der Waals surface area contributed by atoms with Crippen LogP contribution in [-0.2, 0) is 4.79 Å². The fourth-order valence-electron chi connectivity index (χ4n) is 1.61. The largest absolute Gasteiger partial charge is 0.480 e. The van der Waals surface area contributed by atoms with E-state index in [0.717, 1.165) is 5.56 Å². The van der Waals surface area contributed by atoms with Crippen molar-refractivity contribution in [3.63, 3.8) is 0 Å². The maximum Gasteiger partial charge on any atom is 0.326 e. The molecule has 0 bridgehead atoms. The van der Waals surface area contributed by atoms with Gasteiger partial charge < -0.3 is 15.7 Å². The van der Waals surface area contributed by atoms with Crippen molar-refractivity contribution in [1.82, 2.24) is 15.6 Å². The van der Waals surface area contributed by atoms with Crippen molar-refractivity contribution < 1.29 is 14.7 Å². The van der Waals surface area contributed by atoms with E-state index in [-0.39, 0.29) is 6.04 Å². The lowest BCUT2D eigenvalue weighted by atomic mass is 10.1. The Kier molecular flexibility index (Phi) is 6.86. The van der Waals surface area contributed by atoms with Gasteiger partial charge in [0.2, 0.25) is 0 Å². The molecule has 7 heteroatoms. The molecule has 3 N–H and O–H groups in total. The van der Waals surface area contributed by atoms with Gasteiger partial charge in [-0.3, -0.25) is 4.98 Å². The second-order valence-electron chi connectivity index (χ2n) is 4.30. The Morgan fingerprint density at radius 2 is 2.20 bits per heavy atom. The lowest BCUT2D eigenvalue weighted by molar-refractivity contribution is -0.139. The quantitative estimate of drug-likeness (QED) is 0.712. The van der Waals surface area contributed by atoms with Crippen LogP contribution < -0.4 is 10.6 Å². The average molecular weight is 297 g/mol. The van der Waals surface area contributed by atoms with Gasteiger partial charge in [-0.25, -0.2) is 9.59 Å². The van der Waals surface area contributed by atoms with Gasteiger partial charge in [0.1, 0.15) is 6.04 Å². The number of carboxylic acids is 1. The fourth-order valence-corrected chi connectivity index (χ4v) is 2.08. The molecule has 1 aromatic rings. The molecule has 20 heavy (non-hydrogen) atoms. The molecule has 1 rings (SSSR count). The van der Waals surface area contributed by atoms with Crippen LogP contribution in [0.5, 0.6) is 0 Å². The summed E-state index contributed by atoms with van der Waals surface area (Å²) in [5, 5.41) is 14.2. The molecule has 1 heterocycles. The molecule has 0 aliphatic heterocycles. The Labute approximate surface area is 122 Å². The molecule has 0 aliphatic rings. The van der Waals surface area contributed by atoms with E-state index in [0.29, 0.717) is 12.2 Å². The third-order valence-corrected chi connectivity index (χ3v) is 3.39. The normalized spacial score (nSPS) is 13.3. The molecule has 2 atom stereocenters. The summed E-state index contributed by atoms with van der Waals surface area (Å²) in [4.78, 5) is 26.8. The molecule has 2 unspecified atom stereocenters. The number of pyridine rings is 1. The Morgan fingerprint density at radius 3 is 2.75 bits per heavy atom. The number of aliphatic carboxylic acids is 1. The van der Waals surface area contributed by atoms with E-state index < -0.39 is 18.0 Å². The number of hydrogen-bond acceptors (Lipinski definition) is 4. The van der Waals surface area contributed by atoms with E-state index >= 15 is 0 Å². The average Bonchev–Trinajstić information content (AvgIpc) is 2.44. The van der Waals surface area contributed by atoms with Gasteiger partial charge in [-0.1, -0.05) is 6.07 Å². The van der Waals surface area contributed by atoms with Crippen LogP contribution >= 0.6 is 11.8 Å². The molecular formula is C13H19N3O3S. The maximum absolute atomic E-state index is 11.8. The molecule has 0 saturated carbocycles. The second-order valence-corrected chi connectivity index (χ2v) is 5.28. The number of urea groups is 1. The minimum Gasteiger partial charge on any atom is -0.480 e. The number of thioether (sulfide) groups is 1. The summed E-state index contributed by atoms with van der Waals surface area (Å²) in [6.45, 7) is 1.81. The number of amides is 2. The van der Waals surface area contributed by atoms with Gasteiger partial charge in [-0.15, -0.1) is 0 Å². The highest BCUT2D eigenvalue weighted by Gasteiger charge is 2.20. The Morgan fingerprint density at radius 1 is 1.45 bits per heavy atom. The number of hydrogen-bond donors (Lipinski definition) is 3. The van der Waals surface area contributed by atoms with Gasteiger partial charge in [0.15, 0.2) is 0 Å². The lowest BCUT2D eigenvalue weighted by Gasteiger charge is -2.18. The van der Waals surface area contributed by atoms with Crippen molar-refractivity contribution >= 4 is 23.8 Å². The van der Waals surface area contributed by atoms with Crippen LogP contribution in [0.1, 0.15) is 24.9 Å². The minimum atomic E-state index is -1.02. The van der Waals surface area contributed by atoms with E-state index in [9.17, 15) is 9.59 Å². The van der Waals surface area contributed by atoms with Crippen LogP contribution in [0.15, 0.2) is 24.5 Å². The molecule has 0 radical (unpaired) electrons. The van der Waals surface area contributed by atoms with Crippen LogP contribution in [0.2, 0.25) is 0 Å². The second kappa shape index (κ2) is 8.42. The van der Waals surface area contributed by atoms with Crippen molar-refractivity contribution in [2.45, 2.75) is 25.4 Å². The molecule has 0 aliphatic carbocycles. The fraction of sp³-hybridized carbons (Fsp3) is 0.462. The van der Waals surface area contributed by atoms with Gasteiger partial charge in [-0.05, 0) is 37.0 Å². The van der Waals surface area contributed by atoms with Crippen LogP contribution in [0.3, 0.4) is 0 Å².